The minimum Gasteiger partial charge on any atom is -0.321 e. The average Bonchev–Trinajstić information content (AvgIpc) is 3.49. The summed E-state index contributed by atoms with van der Waals surface area (Å²) in [5.41, 5.74) is 3.07. The molecule has 3 amide bonds. The van der Waals surface area contributed by atoms with Crippen LogP contribution in [0.3, 0.4) is 0 Å². The molecule has 1 aromatic heterocycles. The van der Waals surface area contributed by atoms with Gasteiger partial charge < -0.3 is 16.0 Å². The Balaban J connectivity index is 1.25. The van der Waals surface area contributed by atoms with Gasteiger partial charge in [-0.05, 0) is 79.2 Å². The molecular weight excluding hydrogens is 727 g/mol. The number of amides is 3. The number of thioether (sulfide) groups is 1. The number of thiazole rings is 1. The number of hydrogen-bond acceptors (Lipinski definition) is 6. The van der Waals surface area contributed by atoms with E-state index in [2.05, 4.69) is 36.9 Å². The minimum absolute atomic E-state index is 0.0699. The van der Waals surface area contributed by atoms with E-state index in [9.17, 15) is 14.4 Å². The first-order chi connectivity index (χ1) is 22.1. The zero-order chi connectivity index (χ0) is 32.6. The van der Waals surface area contributed by atoms with Crippen molar-refractivity contribution in [2.24, 2.45) is 0 Å². The van der Waals surface area contributed by atoms with Crippen LogP contribution in [-0.4, -0.2) is 28.0 Å². The first-order valence-corrected chi connectivity index (χ1v) is 17.1. The molecule has 0 saturated heterocycles. The van der Waals surface area contributed by atoms with Crippen LogP contribution >= 0.6 is 62.2 Å². The molecule has 1 heterocycles. The molecule has 5 rings (SSSR count). The van der Waals surface area contributed by atoms with E-state index in [1.807, 2.05) is 41.8 Å². The van der Waals surface area contributed by atoms with E-state index in [0.29, 0.717) is 32.1 Å². The van der Waals surface area contributed by atoms with Crippen molar-refractivity contribution in [3.05, 3.63) is 134 Å². The zero-order valence-electron chi connectivity index (χ0n) is 24.1. The first-order valence-electron chi connectivity index (χ1n) is 13.8. The van der Waals surface area contributed by atoms with Crippen molar-refractivity contribution >= 4 is 96.8 Å². The topological polar surface area (TPSA) is 100 Å². The van der Waals surface area contributed by atoms with Gasteiger partial charge in [-0.3, -0.25) is 14.4 Å². The Kier molecular flexibility index (Phi) is 11.3. The normalized spacial score (nSPS) is 11.9. The lowest BCUT2D eigenvalue weighted by Crippen LogP contribution is -2.30. The summed E-state index contributed by atoms with van der Waals surface area (Å²) in [7, 11) is 0. The van der Waals surface area contributed by atoms with Crippen molar-refractivity contribution in [1.29, 1.82) is 0 Å². The van der Waals surface area contributed by atoms with Gasteiger partial charge in [0.1, 0.15) is 5.70 Å². The molecule has 7 nitrogen and oxygen atoms in total. The van der Waals surface area contributed by atoms with Gasteiger partial charge in [0, 0.05) is 36.6 Å². The molecule has 3 N–H and O–H groups in total. The van der Waals surface area contributed by atoms with Gasteiger partial charge >= 0.3 is 0 Å². The number of nitrogens with zero attached hydrogens (tertiary/aromatic N) is 1. The second-order valence-corrected chi connectivity index (χ2v) is 13.9. The van der Waals surface area contributed by atoms with Gasteiger partial charge in [-0.1, -0.05) is 75.5 Å². The van der Waals surface area contributed by atoms with Crippen LogP contribution in [0.5, 0.6) is 0 Å². The maximum Gasteiger partial charge on any atom is 0.272 e. The van der Waals surface area contributed by atoms with Gasteiger partial charge in [0.05, 0.1) is 16.0 Å². The van der Waals surface area contributed by atoms with Gasteiger partial charge in [-0.15, -0.1) is 23.1 Å². The van der Waals surface area contributed by atoms with E-state index in [0.717, 1.165) is 20.5 Å². The molecule has 0 radical (unpaired) electrons. The average molecular weight is 753 g/mol. The summed E-state index contributed by atoms with van der Waals surface area (Å²) in [6, 6.07) is 28.3. The fourth-order valence-electron chi connectivity index (χ4n) is 4.17. The number of halogens is 3. The SMILES string of the molecule is CC(Sc1cccc(NC(=O)/C(=C\c2cccc(Br)c2)NC(=O)c2ccccc2)c1)C(=O)Nc1nc(-c2ccc(Cl)cc2Cl)cs1. The number of benzene rings is 4. The van der Waals surface area contributed by atoms with E-state index in [1.165, 1.54) is 23.1 Å². The standard InChI is InChI=1S/C34H25BrCl2N4O3S2/c1-20(31(42)41-34-40-30(19-45-34)27-14-13-24(36)17-28(27)37)46-26-12-6-11-25(18-26)38-33(44)29(16-21-7-5-10-23(35)15-21)39-32(43)22-8-3-2-4-9-22/h2-20H,1H3,(H,38,44)(H,39,43)(H,40,41,42)/b29-16+. The highest BCUT2D eigenvalue weighted by molar-refractivity contribution is 9.10. The molecule has 0 aliphatic carbocycles. The van der Waals surface area contributed by atoms with Crippen molar-refractivity contribution in [3.63, 3.8) is 0 Å². The highest BCUT2D eigenvalue weighted by atomic mass is 79.9. The number of rotatable bonds is 10. The van der Waals surface area contributed by atoms with Crippen molar-refractivity contribution in [3.8, 4) is 11.3 Å². The number of carbonyl (C=O) groups is 3. The van der Waals surface area contributed by atoms with Gasteiger partial charge in [0.25, 0.3) is 11.8 Å². The Morgan fingerprint density at radius 3 is 2.46 bits per heavy atom. The lowest BCUT2D eigenvalue weighted by Gasteiger charge is -2.14. The number of aromatic nitrogens is 1. The molecular formula is C34H25BrCl2N4O3S2. The van der Waals surface area contributed by atoms with E-state index < -0.39 is 17.1 Å². The van der Waals surface area contributed by atoms with Crippen LogP contribution in [0.1, 0.15) is 22.8 Å². The lowest BCUT2D eigenvalue weighted by molar-refractivity contribution is -0.115. The van der Waals surface area contributed by atoms with E-state index >= 15 is 0 Å². The third-order valence-electron chi connectivity index (χ3n) is 6.40. The summed E-state index contributed by atoms with van der Waals surface area (Å²) in [6.45, 7) is 1.79. The van der Waals surface area contributed by atoms with Crippen molar-refractivity contribution in [2.45, 2.75) is 17.1 Å². The molecule has 0 aliphatic heterocycles. The predicted octanol–water partition coefficient (Wildman–Crippen LogP) is 9.41. The molecule has 0 fully saturated rings. The summed E-state index contributed by atoms with van der Waals surface area (Å²) in [5, 5.41) is 11.3. The highest BCUT2D eigenvalue weighted by Gasteiger charge is 2.19. The quantitative estimate of drug-likeness (QED) is 0.0976. The summed E-state index contributed by atoms with van der Waals surface area (Å²) in [6.07, 6.45) is 1.61. The molecule has 0 aliphatic rings. The Bertz CT molecular complexity index is 1930. The second-order valence-electron chi connectivity index (χ2n) is 9.83. The summed E-state index contributed by atoms with van der Waals surface area (Å²) >= 11 is 18.4. The maximum atomic E-state index is 13.5. The van der Waals surface area contributed by atoms with Crippen molar-refractivity contribution in [2.75, 3.05) is 10.6 Å². The van der Waals surface area contributed by atoms with E-state index in [-0.39, 0.29) is 11.6 Å². The fraction of sp³-hybridized carbons (Fsp3) is 0.0588. The molecule has 1 unspecified atom stereocenters. The summed E-state index contributed by atoms with van der Waals surface area (Å²) in [5.74, 6) is -1.15. The van der Waals surface area contributed by atoms with Crippen LogP contribution < -0.4 is 16.0 Å². The van der Waals surface area contributed by atoms with Crippen LogP contribution in [0.2, 0.25) is 10.0 Å². The number of anilines is 2. The number of hydrogen-bond donors (Lipinski definition) is 3. The van der Waals surface area contributed by atoms with Crippen LogP contribution in [0.25, 0.3) is 17.3 Å². The molecule has 0 spiro atoms. The Morgan fingerprint density at radius 1 is 0.913 bits per heavy atom. The van der Waals surface area contributed by atoms with Gasteiger partial charge in [0.2, 0.25) is 5.91 Å². The van der Waals surface area contributed by atoms with E-state index in [4.69, 9.17) is 23.2 Å². The minimum atomic E-state index is -0.502. The Hall–Kier alpha value is -3.93. The highest BCUT2D eigenvalue weighted by Crippen LogP contribution is 2.33. The van der Waals surface area contributed by atoms with Gasteiger partial charge in [-0.2, -0.15) is 0 Å². The van der Waals surface area contributed by atoms with Crippen LogP contribution in [0.15, 0.2) is 118 Å². The monoisotopic (exact) mass is 750 g/mol. The molecule has 46 heavy (non-hydrogen) atoms. The lowest BCUT2D eigenvalue weighted by atomic mass is 10.1. The number of nitrogens with one attached hydrogen (secondary N) is 3. The van der Waals surface area contributed by atoms with Gasteiger partial charge in [-0.25, -0.2) is 4.98 Å². The molecule has 4 aromatic carbocycles. The molecule has 5 aromatic rings. The third-order valence-corrected chi connectivity index (χ3v) is 9.30. The Labute approximate surface area is 292 Å². The van der Waals surface area contributed by atoms with Gasteiger partial charge in [0.15, 0.2) is 5.13 Å². The van der Waals surface area contributed by atoms with Crippen LogP contribution in [0.4, 0.5) is 10.8 Å². The molecule has 232 valence electrons. The van der Waals surface area contributed by atoms with E-state index in [1.54, 1.807) is 73.7 Å². The Morgan fingerprint density at radius 2 is 1.70 bits per heavy atom. The third kappa shape index (κ3) is 9.08. The summed E-state index contributed by atoms with van der Waals surface area (Å²) in [4.78, 5) is 44.7. The van der Waals surface area contributed by atoms with Crippen molar-refractivity contribution < 1.29 is 14.4 Å². The van der Waals surface area contributed by atoms with Crippen LogP contribution in [-0.2, 0) is 9.59 Å². The molecule has 1 atom stereocenters. The fourth-order valence-corrected chi connectivity index (χ4v) is 6.73. The van der Waals surface area contributed by atoms with Crippen molar-refractivity contribution in [1.82, 2.24) is 10.3 Å². The molecule has 0 bridgehead atoms. The predicted molar refractivity (Wildman–Crippen MR) is 193 cm³/mol. The largest absolute Gasteiger partial charge is 0.321 e. The zero-order valence-corrected chi connectivity index (χ0v) is 28.8. The molecule has 0 saturated carbocycles. The molecule has 12 heteroatoms. The smallest absolute Gasteiger partial charge is 0.272 e. The first kappa shape index (κ1) is 33.4. The van der Waals surface area contributed by atoms with Crippen LogP contribution in [0, 0.1) is 0 Å². The second kappa shape index (κ2) is 15.6. The summed E-state index contributed by atoms with van der Waals surface area (Å²) < 4.78 is 0.833. The number of carbonyl (C=O) groups excluding carboxylic acids is 3. The maximum absolute atomic E-state index is 13.5.